The number of thiophene rings is 5. The van der Waals surface area contributed by atoms with Gasteiger partial charge in [0.2, 0.25) is 0 Å². The van der Waals surface area contributed by atoms with Gasteiger partial charge in [0.15, 0.2) is 0 Å². The molecule has 0 saturated heterocycles. The quantitative estimate of drug-likeness (QED) is 0.0230. The van der Waals surface area contributed by atoms with Crippen molar-refractivity contribution >= 4 is 129 Å². The number of nitrogens with zero attached hydrogens (tertiary/aromatic N) is 4. The number of hydrogen-bond donors (Lipinski definition) is 2. The number of allylic oxidation sites excluding steroid dienone is 4. The van der Waals surface area contributed by atoms with Crippen molar-refractivity contribution in [1.29, 1.82) is 0 Å². The molecule has 4 amide bonds. The summed E-state index contributed by atoms with van der Waals surface area (Å²) < 4.78 is 0. The maximum absolute atomic E-state index is 16.6. The summed E-state index contributed by atoms with van der Waals surface area (Å²) in [5, 5.41) is 4.28. The summed E-state index contributed by atoms with van der Waals surface area (Å²) in [5.74, 6) is 0.744. The van der Waals surface area contributed by atoms with E-state index >= 15 is 19.2 Å². The topological polar surface area (TPSA) is 81.2 Å². The molecule has 16 heteroatoms. The Labute approximate surface area is 782 Å². The van der Waals surface area contributed by atoms with Crippen LogP contribution in [0.25, 0.3) is 41.0 Å². The van der Waals surface area contributed by atoms with E-state index in [-0.39, 0.29) is 47.3 Å². The molecule has 0 aromatic carbocycles. The van der Waals surface area contributed by atoms with Crippen molar-refractivity contribution < 1.29 is 19.2 Å². The molecule has 678 valence electrons. The van der Waals surface area contributed by atoms with Crippen LogP contribution in [-0.4, -0.2) is 75.7 Å². The Balaban J connectivity index is 1.17. The van der Waals surface area contributed by atoms with E-state index in [9.17, 15) is 0 Å². The Morgan fingerprint density at radius 1 is 0.333 bits per heavy atom. The number of fused-ring (bicyclic) bond motifs is 2. The van der Waals surface area contributed by atoms with Gasteiger partial charge in [-0.3, -0.25) is 19.2 Å². The van der Waals surface area contributed by atoms with Crippen LogP contribution in [0.4, 0.5) is 0 Å². The lowest BCUT2D eigenvalue weighted by Crippen LogP contribution is -2.36. The monoisotopic (exact) mass is 1820 g/mol. The summed E-state index contributed by atoms with van der Waals surface area (Å²) in [5.41, 5.74) is 4.93. The molecule has 0 aliphatic carbocycles. The zero-order valence-electron chi connectivity index (χ0n) is 77.6. The van der Waals surface area contributed by atoms with Crippen molar-refractivity contribution in [1.82, 2.24) is 19.6 Å². The molecule has 5 aromatic rings. The van der Waals surface area contributed by atoms with Crippen molar-refractivity contribution in [2.45, 2.75) is 376 Å². The van der Waals surface area contributed by atoms with Gasteiger partial charge in [-0.25, -0.2) is 0 Å². The summed E-state index contributed by atoms with van der Waals surface area (Å²) in [6.07, 6.45) is 70.0. The highest BCUT2D eigenvalue weighted by Crippen LogP contribution is 2.52. The van der Waals surface area contributed by atoms with E-state index in [0.717, 1.165) is 153 Å². The molecule has 0 bridgehead atoms. The van der Waals surface area contributed by atoms with Gasteiger partial charge in [0.1, 0.15) is 0 Å². The molecule has 4 aliphatic heterocycles. The normalized spacial score (nSPS) is 15.9. The van der Waals surface area contributed by atoms with Crippen molar-refractivity contribution in [2.24, 2.45) is 23.7 Å². The lowest BCUT2D eigenvalue weighted by molar-refractivity contribution is -0.125. The van der Waals surface area contributed by atoms with E-state index in [2.05, 4.69) is 173 Å². The molecule has 0 N–H and O–H groups in total. The highest BCUT2D eigenvalue weighted by Gasteiger charge is 2.52. The minimum Gasteiger partial charge on any atom is -0.306 e. The Bertz CT molecular complexity index is 4210. The van der Waals surface area contributed by atoms with Gasteiger partial charge < -0.3 is 19.6 Å². The highest BCUT2D eigenvalue weighted by molar-refractivity contribution is 8.02. The van der Waals surface area contributed by atoms with E-state index in [1.807, 2.05) is 21.1 Å². The third kappa shape index (κ3) is 31.3. The fourth-order valence-electron chi connectivity index (χ4n) is 18.9. The number of carbonyl (C=O) groups excluding carboxylic acids is 4. The molecule has 9 heterocycles. The Morgan fingerprint density at radius 2 is 0.618 bits per heavy atom. The number of hydrogen-bond acceptors (Lipinski definition) is 12. The predicted octanol–water partition coefficient (Wildman–Crippen LogP) is 34.6. The van der Waals surface area contributed by atoms with Crippen molar-refractivity contribution in [2.75, 3.05) is 32.4 Å². The first-order valence-corrected chi connectivity index (χ1v) is 55.9. The molecule has 4 aliphatic rings. The van der Waals surface area contributed by atoms with E-state index in [0.29, 0.717) is 82.5 Å². The second kappa shape index (κ2) is 58.1. The van der Waals surface area contributed by atoms with Crippen LogP contribution in [0.15, 0.2) is 150 Å². The van der Waals surface area contributed by atoms with Crippen LogP contribution in [0.2, 0.25) is 0 Å². The van der Waals surface area contributed by atoms with Gasteiger partial charge in [0.25, 0.3) is 23.6 Å². The third-order valence-corrected chi connectivity index (χ3v) is 33.1. The van der Waals surface area contributed by atoms with Gasteiger partial charge in [-0.1, -0.05) is 343 Å². The van der Waals surface area contributed by atoms with E-state index in [4.69, 9.17) is 25.3 Å². The van der Waals surface area contributed by atoms with E-state index in [1.54, 1.807) is 57.1 Å². The Kier molecular flexibility index (Phi) is 48.2. The van der Waals surface area contributed by atoms with Crippen LogP contribution in [-0.2, 0) is 19.2 Å². The van der Waals surface area contributed by atoms with Crippen LogP contribution >= 0.6 is 93.7 Å². The van der Waals surface area contributed by atoms with Crippen LogP contribution in [0.5, 0.6) is 0 Å². The van der Waals surface area contributed by atoms with Crippen LogP contribution in [0.1, 0.15) is 386 Å². The predicted molar refractivity (Wildman–Crippen MR) is 548 cm³/mol. The standard InChI is InChI=1S/C107H158N4O4S8/c1-10-18-26-34-38-46-59-81(55-42-30-22-14-5)77-108-100(96-98(106(108)114)102(94(118-9)66-52-63-85-69-70-90(121-85)88-67-53-75-119-88)110(104(96)112)79-83(57-44-32-24-16-7)61-48-40-36-28-20-12-3)86(116)64-50-51-65-87(117)101-97-99(107(115)109(101)78-82(56-43-31-23-15-6)60-47-39-35-27-19-11-2)103(95-74-73-93(123-95)92-72-71-91(122-92)89-68-54-76-120-89)111(105(97)113)80-84(58-45-33-25-17-8)62-49-41-37-29-21-13-4/h52-54,63-76,81-84,116-117H,10-51,55-62,77-80H2,1-9H3/b63-52+,86-64-,87-65-,94-66-. The summed E-state index contributed by atoms with van der Waals surface area (Å²) in [4.78, 5) is 86.1. The number of unbranched alkanes of at least 4 members (excludes halogenated alkanes) is 33. The molecular formula is C107H158N4O4S8. The fourth-order valence-corrected chi connectivity index (χ4v) is 25.0. The van der Waals surface area contributed by atoms with Crippen molar-refractivity contribution in [3.05, 3.63) is 160 Å². The average Bonchev–Trinajstić information content (AvgIpc) is 1.56. The number of thioether (sulfide) groups is 1. The van der Waals surface area contributed by atoms with Crippen LogP contribution < -0.4 is 0 Å². The van der Waals surface area contributed by atoms with Gasteiger partial charge in [-0.05, 0) is 166 Å². The second-order valence-corrected chi connectivity index (χ2v) is 43.0. The van der Waals surface area contributed by atoms with Gasteiger partial charge in [-0.15, -0.1) is 93.7 Å². The molecule has 8 nitrogen and oxygen atoms in total. The Morgan fingerprint density at radius 3 is 0.984 bits per heavy atom. The lowest BCUT2D eigenvalue weighted by atomic mass is 9.93. The smallest absolute Gasteiger partial charge is 0.261 e. The molecule has 5 aromatic heterocycles. The molecule has 0 radical (unpaired) electrons. The number of amides is 4. The maximum atomic E-state index is 16.6. The summed E-state index contributed by atoms with van der Waals surface area (Å²) in [7, 11) is 0. The van der Waals surface area contributed by atoms with Crippen LogP contribution in [0.3, 0.4) is 0 Å². The minimum absolute atomic E-state index is 0.0731. The van der Waals surface area contributed by atoms with Gasteiger partial charge in [0.05, 0.1) is 50.0 Å². The summed E-state index contributed by atoms with van der Waals surface area (Å²) >= 11 is 21.7. The number of carbonyl (C=O) groups is 4. The van der Waals surface area contributed by atoms with Gasteiger partial charge >= 0.3 is 0 Å². The summed E-state index contributed by atoms with van der Waals surface area (Å²) in [6, 6.07) is 21.9. The zero-order chi connectivity index (χ0) is 87.3. The zero-order valence-corrected chi connectivity index (χ0v) is 84.3. The van der Waals surface area contributed by atoms with Crippen LogP contribution in [0, 0.1) is 23.7 Å². The summed E-state index contributed by atoms with van der Waals surface area (Å²) in [6.45, 7) is 20.5. The molecule has 0 fully saturated rings. The minimum atomic E-state index is -0.0834. The van der Waals surface area contributed by atoms with Crippen molar-refractivity contribution in [3.8, 4) is 29.3 Å². The molecule has 123 heavy (non-hydrogen) atoms. The van der Waals surface area contributed by atoms with Crippen molar-refractivity contribution in [3.63, 3.8) is 0 Å². The molecule has 4 unspecified atom stereocenters. The molecular weight excluding hydrogens is 1660 g/mol. The molecule has 9 rings (SSSR count). The number of thiol groups is 2. The molecule has 0 spiro atoms. The lowest BCUT2D eigenvalue weighted by Gasteiger charge is -2.30. The first-order valence-electron chi connectivity index (χ1n) is 49.6. The first-order chi connectivity index (χ1) is 60.3. The molecule has 0 saturated carbocycles. The van der Waals surface area contributed by atoms with Gasteiger partial charge in [-0.2, -0.15) is 0 Å². The van der Waals surface area contributed by atoms with E-state index < -0.39 is 0 Å². The SMILES string of the molecule is CCCCCCCCC(CCCCCC)CN1C(=O)C2=C(/C(=C/C=C/c3ccc(-c4cccs4)s3)SC)N(CC(CCCCCC)CCCCCCCC)C(=O)C2=C1/C(S)=C/CC/C=C(\S)C1=C2C(=O)N(CC(CCCCCC)CCCCCCCC)C(c3ccc(-c4ccc(-c5cccs5)s4)s3)=C2C(=O)N1CC(CCCCCC)CCCCCCCC. The average molecular weight is 1820 g/mol. The second-order valence-electron chi connectivity index (χ2n) is 36.0. The van der Waals surface area contributed by atoms with E-state index in [1.165, 1.54) is 211 Å². The third-order valence-electron chi connectivity index (χ3n) is 26.0. The molecule has 4 atom stereocenters. The highest BCUT2D eigenvalue weighted by atomic mass is 32.2. The maximum Gasteiger partial charge on any atom is 0.261 e. The largest absolute Gasteiger partial charge is 0.306 e. The van der Waals surface area contributed by atoms with Gasteiger partial charge in [0, 0.05) is 75.0 Å². The Hall–Kier alpha value is -4.65. The fraction of sp³-hybridized carbons (Fsp3) is 0.626. The first kappa shape index (κ1) is 102. The number of rotatable bonds is 69.